The van der Waals surface area contributed by atoms with Crippen LogP contribution >= 0.6 is 11.8 Å². The maximum Gasteiger partial charge on any atom is 0.362 e. The number of carboxylic acids is 2. The van der Waals surface area contributed by atoms with Gasteiger partial charge < -0.3 is 41.6 Å². The van der Waals surface area contributed by atoms with E-state index in [0.29, 0.717) is 27.9 Å². The zero-order valence-corrected chi connectivity index (χ0v) is 23.0. The number of hydrogen-bond acceptors (Lipinski definition) is 11. The lowest BCUT2D eigenvalue weighted by molar-refractivity contribution is -0.407. The zero-order chi connectivity index (χ0) is 29.8. The second-order valence-electron chi connectivity index (χ2n) is 9.19. The number of nitro benzene ring substituents is 1. The summed E-state index contributed by atoms with van der Waals surface area (Å²) in [7, 11) is -0.504. The maximum absolute atomic E-state index is 11.5. The van der Waals surface area contributed by atoms with Crippen molar-refractivity contribution >= 4 is 57.3 Å². The number of aromatic nitrogens is 4. The van der Waals surface area contributed by atoms with Crippen LogP contribution < -0.4 is 5.73 Å². The summed E-state index contributed by atoms with van der Waals surface area (Å²) in [5.74, 6) is -0.781. The summed E-state index contributed by atoms with van der Waals surface area (Å²) < 4.78 is 7.48. The van der Waals surface area contributed by atoms with Gasteiger partial charge in [0.2, 0.25) is 0 Å². The van der Waals surface area contributed by atoms with E-state index in [-0.39, 0.29) is 23.4 Å². The Kier molecular flexibility index (Phi) is 9.61. The van der Waals surface area contributed by atoms with E-state index in [0.717, 1.165) is 6.07 Å². The van der Waals surface area contributed by atoms with Gasteiger partial charge in [-0.2, -0.15) is 0 Å². The number of aliphatic hydroxyl groups excluding tert-OH is 2. The highest BCUT2D eigenvalue weighted by atomic mass is 32.2. The average molecular weight is 611 g/mol. The minimum Gasteiger partial charge on any atom is -0.480 e. The van der Waals surface area contributed by atoms with Crippen LogP contribution in [0.5, 0.6) is 0 Å². The topological polar surface area (TPSA) is 262 Å². The Morgan fingerprint density at radius 1 is 1.22 bits per heavy atom. The number of thioether (sulfide) groups is 1. The molecule has 4 rings (SSSR count). The standard InChI is InChI=1S/C23H27N7O9S2/c24-13(23(35)36)3-5-41(6-4-40-11-1-2-14(30(37)38)12(7-11)22(33)34)8-15-17(31)18(32)21(39-15)29-10-28-16-19(25)26-9-27-20(16)29/h1-2,7,9-10,13,15,17-18,21,31-32H,3-6,8,24H2,(H3-,25,26,27,33,34,35,36)/p+1/t13-,15+,17+,18+,21+,41?/m0/s1. The van der Waals surface area contributed by atoms with Gasteiger partial charge in [0, 0.05) is 23.0 Å². The second-order valence-corrected chi connectivity index (χ2v) is 12.7. The molecule has 0 bridgehead atoms. The normalized spacial score (nSPS) is 22.0. The first-order chi connectivity index (χ1) is 19.5. The number of carboxylic acid groups (broad SMARTS) is 2. The van der Waals surface area contributed by atoms with Crippen molar-refractivity contribution in [1.29, 1.82) is 0 Å². The summed E-state index contributed by atoms with van der Waals surface area (Å²) in [5, 5.41) is 51.4. The Hall–Kier alpha value is -3.55. The molecule has 1 aromatic carbocycles. The first-order valence-corrected chi connectivity index (χ1v) is 14.9. The third kappa shape index (κ3) is 6.85. The predicted octanol–water partition coefficient (Wildman–Crippen LogP) is 0.231. The van der Waals surface area contributed by atoms with E-state index in [1.54, 1.807) is 0 Å². The molecule has 8 N–H and O–H groups in total. The minimum absolute atomic E-state index is 0.0953. The number of fused-ring (bicyclic) bond motifs is 1. The fraction of sp³-hybridized carbons (Fsp3) is 0.435. The van der Waals surface area contributed by atoms with Gasteiger partial charge in [0.15, 0.2) is 17.9 Å². The number of nitrogens with zero attached hydrogens (tertiary/aromatic N) is 5. The highest BCUT2D eigenvalue weighted by molar-refractivity contribution is 8.01. The number of aromatic carboxylic acids is 1. The van der Waals surface area contributed by atoms with Gasteiger partial charge in [-0.3, -0.25) is 14.7 Å². The van der Waals surface area contributed by atoms with Crippen molar-refractivity contribution < 1.29 is 45.4 Å². The van der Waals surface area contributed by atoms with Crippen LogP contribution in [0.4, 0.5) is 11.5 Å². The molecule has 0 amide bonds. The van der Waals surface area contributed by atoms with Crippen molar-refractivity contribution in [3.05, 3.63) is 52.3 Å². The van der Waals surface area contributed by atoms with Crippen molar-refractivity contribution in [2.45, 2.75) is 41.9 Å². The summed E-state index contributed by atoms with van der Waals surface area (Å²) in [6.07, 6.45) is -1.60. The van der Waals surface area contributed by atoms with Crippen molar-refractivity contribution in [2.24, 2.45) is 0 Å². The first-order valence-electron chi connectivity index (χ1n) is 12.2. The molecule has 1 saturated heterocycles. The predicted molar refractivity (Wildman–Crippen MR) is 147 cm³/mol. The Balaban J connectivity index is 1.46. The third-order valence-electron chi connectivity index (χ3n) is 6.51. The van der Waals surface area contributed by atoms with E-state index in [1.807, 2.05) is 0 Å². The monoisotopic (exact) mass is 610 g/mol. The van der Waals surface area contributed by atoms with Crippen molar-refractivity contribution in [3.8, 4) is 0 Å². The minimum atomic E-state index is -1.41. The van der Waals surface area contributed by atoms with Gasteiger partial charge in [-0.25, -0.2) is 19.6 Å². The van der Waals surface area contributed by atoms with E-state index >= 15 is 0 Å². The fourth-order valence-electron chi connectivity index (χ4n) is 4.28. The van der Waals surface area contributed by atoms with Crippen LogP contribution in [0.15, 0.2) is 35.7 Å². The fourth-order valence-corrected chi connectivity index (χ4v) is 8.05. The number of nitro groups is 1. The highest BCUT2D eigenvalue weighted by Crippen LogP contribution is 2.34. The van der Waals surface area contributed by atoms with Crippen molar-refractivity contribution in [2.75, 3.05) is 23.0 Å². The first kappa shape index (κ1) is 30.4. The quantitative estimate of drug-likeness (QED) is 0.0752. The molecule has 1 unspecified atom stereocenters. The average Bonchev–Trinajstić information content (AvgIpc) is 3.48. The van der Waals surface area contributed by atoms with Crippen LogP contribution in [0.25, 0.3) is 16.9 Å². The van der Waals surface area contributed by atoms with E-state index < -0.39 is 69.6 Å². The van der Waals surface area contributed by atoms with Crippen LogP contribution in [0.3, 0.4) is 0 Å². The van der Waals surface area contributed by atoms with Gasteiger partial charge in [-0.1, -0.05) is 0 Å². The summed E-state index contributed by atoms with van der Waals surface area (Å²) in [6.45, 7) is 0. The van der Waals surface area contributed by atoms with Crippen LogP contribution in [0, 0.1) is 10.1 Å². The Morgan fingerprint density at radius 3 is 2.66 bits per heavy atom. The maximum atomic E-state index is 11.5. The molecule has 3 heterocycles. The number of benzene rings is 1. The van der Waals surface area contributed by atoms with Crippen molar-refractivity contribution in [1.82, 2.24) is 19.5 Å². The van der Waals surface area contributed by atoms with E-state index in [4.69, 9.17) is 10.5 Å². The molecule has 18 heteroatoms. The molecule has 0 spiro atoms. The zero-order valence-electron chi connectivity index (χ0n) is 21.4. The summed E-state index contributed by atoms with van der Waals surface area (Å²) >= 11 is 1.29. The molecular weight excluding hydrogens is 582 g/mol. The number of carbonyl (C=O) groups is 2. The van der Waals surface area contributed by atoms with Gasteiger partial charge >= 0.3 is 11.9 Å². The lowest BCUT2D eigenvalue weighted by Crippen LogP contribution is -2.65. The molecule has 16 nitrogen and oxygen atoms in total. The van der Waals surface area contributed by atoms with Gasteiger partial charge in [-0.15, -0.1) is 11.8 Å². The molecule has 1 aliphatic heterocycles. The summed E-state index contributed by atoms with van der Waals surface area (Å²) in [4.78, 5) is 45.7. The molecule has 220 valence electrons. The molecule has 41 heavy (non-hydrogen) atoms. The van der Waals surface area contributed by atoms with Crippen LogP contribution in [0.1, 0.15) is 23.0 Å². The number of imidazole rings is 1. The largest absolute Gasteiger partial charge is 0.480 e. The number of aliphatic hydroxyl groups is 2. The Labute approximate surface area is 239 Å². The van der Waals surface area contributed by atoms with Gasteiger partial charge in [0.25, 0.3) is 5.69 Å². The molecule has 6 atom stereocenters. The molecular formula is C23H28N7O9S2+. The van der Waals surface area contributed by atoms with Gasteiger partial charge in [0.1, 0.15) is 46.7 Å². The van der Waals surface area contributed by atoms with E-state index in [2.05, 4.69) is 20.7 Å². The molecule has 3 aromatic rings. The van der Waals surface area contributed by atoms with Gasteiger partial charge in [0.05, 0.1) is 17.7 Å². The summed E-state index contributed by atoms with van der Waals surface area (Å²) in [6, 6.07) is 3.01. The van der Waals surface area contributed by atoms with Crippen LogP contribution in [-0.2, 0) is 20.4 Å². The molecule has 2 aromatic heterocycles. The third-order valence-corrected chi connectivity index (χ3v) is 10.2. The smallest absolute Gasteiger partial charge is 0.362 e. The van der Waals surface area contributed by atoms with Gasteiger partial charge in [-0.05, 0) is 28.8 Å². The molecule has 0 saturated carbocycles. The molecule has 0 aliphatic carbocycles. The van der Waals surface area contributed by atoms with E-state index in [9.17, 15) is 40.1 Å². The van der Waals surface area contributed by atoms with Crippen LogP contribution in [0.2, 0.25) is 0 Å². The lowest BCUT2D eigenvalue weighted by Gasteiger charge is -2.17. The molecule has 0 radical (unpaired) electrons. The Morgan fingerprint density at radius 2 is 1.98 bits per heavy atom. The number of aliphatic carboxylic acids is 1. The Bertz CT molecular complexity index is 1440. The number of nitrogens with one attached hydrogen (secondary N) is 1. The van der Waals surface area contributed by atoms with Crippen LogP contribution in [-0.4, -0.2) is 104 Å². The number of hydrogen-bond donors (Lipinski definition) is 5. The molecule has 1 fully saturated rings. The number of ether oxygens (including phenoxy) is 1. The number of rotatable bonds is 13. The summed E-state index contributed by atoms with van der Waals surface area (Å²) in [5.41, 5.74) is 11.1. The van der Waals surface area contributed by atoms with E-state index in [1.165, 1.54) is 41.1 Å². The lowest BCUT2D eigenvalue weighted by atomic mass is 10.1. The molecule has 1 aliphatic rings. The SMILES string of the molecule is [NH-]c1ncnc2c1ncn2[C@@H]1O[C@H](C[S+](CCSc2ccc([N+](=O)[O-])c(C(=O)O)c2)CC[C@H]([NH3+])C(=O)O)[C@@H](O)[C@H]1O. The van der Waals surface area contributed by atoms with Crippen molar-refractivity contribution in [3.63, 3.8) is 0 Å². The number of quaternary nitrogens is 1. The highest BCUT2D eigenvalue weighted by Gasteiger charge is 2.47. The second kappa shape index (κ2) is 13.0.